The lowest BCUT2D eigenvalue weighted by molar-refractivity contribution is -0.144. The monoisotopic (exact) mass is 351 g/mol. The van der Waals surface area contributed by atoms with E-state index in [-0.39, 0.29) is 5.97 Å². The summed E-state index contributed by atoms with van der Waals surface area (Å²) in [7, 11) is 0. The van der Waals surface area contributed by atoms with Crippen molar-refractivity contribution in [2.24, 2.45) is 0 Å². The van der Waals surface area contributed by atoms with Crippen LogP contribution in [0.2, 0.25) is 0 Å². The van der Waals surface area contributed by atoms with E-state index < -0.39 is 6.04 Å². The molecule has 0 aliphatic carbocycles. The molecule has 0 spiro atoms. The lowest BCUT2D eigenvalue weighted by Crippen LogP contribution is -2.24. The number of halogens is 1. The van der Waals surface area contributed by atoms with Gasteiger partial charge < -0.3 is 10.1 Å². The predicted octanol–water partition coefficient (Wildman–Crippen LogP) is 3.51. The molecule has 0 aliphatic rings. The average Bonchev–Trinajstić information content (AvgIpc) is 2.76. The number of hydrogen-bond acceptors (Lipinski definition) is 4. The number of carbonyl (C=O) groups excluding carboxylic acids is 1. The Hall–Kier alpha value is -1.82. The molecule has 2 N–H and O–H groups in total. The predicted molar refractivity (Wildman–Crippen MR) is 85.2 cm³/mol. The van der Waals surface area contributed by atoms with E-state index in [1.54, 1.807) is 6.92 Å². The molecule has 21 heavy (non-hydrogen) atoms. The van der Waals surface area contributed by atoms with Crippen LogP contribution in [0.4, 0.5) is 5.69 Å². The van der Waals surface area contributed by atoms with Crippen LogP contribution in [-0.4, -0.2) is 22.8 Å². The van der Waals surface area contributed by atoms with Crippen LogP contribution in [0, 0.1) is 13.8 Å². The maximum atomic E-state index is 12.3. The normalized spacial score (nSPS) is 12.0. The van der Waals surface area contributed by atoms with Gasteiger partial charge in [-0.2, -0.15) is 5.10 Å². The zero-order valence-corrected chi connectivity index (χ0v) is 13.8. The van der Waals surface area contributed by atoms with Gasteiger partial charge in [0, 0.05) is 21.4 Å². The van der Waals surface area contributed by atoms with Crippen molar-refractivity contribution in [2.45, 2.75) is 26.8 Å². The summed E-state index contributed by atoms with van der Waals surface area (Å²) >= 11 is 3.42. The Balaban J connectivity index is 2.35. The number of aromatic nitrogens is 2. The summed E-state index contributed by atoms with van der Waals surface area (Å²) in [6.45, 7) is 5.90. The van der Waals surface area contributed by atoms with Gasteiger partial charge in [0.05, 0.1) is 12.3 Å². The molecule has 5 nitrogen and oxygen atoms in total. The van der Waals surface area contributed by atoms with Gasteiger partial charge in [-0.25, -0.2) is 4.79 Å². The molecule has 0 aliphatic heterocycles. The Morgan fingerprint density at radius 1 is 1.48 bits per heavy atom. The van der Waals surface area contributed by atoms with Gasteiger partial charge in [0.2, 0.25) is 0 Å². The largest absolute Gasteiger partial charge is 0.464 e. The number of ether oxygens (including phenoxy) is 1. The van der Waals surface area contributed by atoms with Crippen molar-refractivity contribution in [1.82, 2.24) is 10.2 Å². The van der Waals surface area contributed by atoms with Crippen LogP contribution in [0.5, 0.6) is 0 Å². The van der Waals surface area contributed by atoms with Crippen molar-refractivity contribution in [3.63, 3.8) is 0 Å². The first-order valence-corrected chi connectivity index (χ1v) is 7.52. The third kappa shape index (κ3) is 3.64. The van der Waals surface area contributed by atoms with Crippen LogP contribution in [0.15, 0.2) is 28.7 Å². The topological polar surface area (TPSA) is 67.0 Å². The number of anilines is 1. The van der Waals surface area contributed by atoms with Gasteiger partial charge in [-0.15, -0.1) is 0 Å². The minimum Gasteiger partial charge on any atom is -0.464 e. The zero-order chi connectivity index (χ0) is 15.4. The summed E-state index contributed by atoms with van der Waals surface area (Å²) < 4.78 is 6.13. The summed E-state index contributed by atoms with van der Waals surface area (Å²) in [6, 6.07) is 7.07. The Bertz CT molecular complexity index is 620. The highest BCUT2D eigenvalue weighted by Crippen LogP contribution is 2.26. The fraction of sp³-hybridized carbons (Fsp3) is 0.333. The van der Waals surface area contributed by atoms with Crippen LogP contribution in [0.3, 0.4) is 0 Å². The molecule has 1 heterocycles. The number of hydrogen-bond donors (Lipinski definition) is 2. The third-order valence-corrected chi connectivity index (χ3v) is 3.62. The standard InChI is InChI=1S/C15H18BrN3O2/c1-4-21-15(20)14(13-9(2)18-19-10(13)3)17-12-7-5-6-11(16)8-12/h5-8,14,17H,4H2,1-3H3,(H,18,19). The zero-order valence-electron chi connectivity index (χ0n) is 12.2. The van der Waals surface area contributed by atoms with Gasteiger partial charge in [-0.05, 0) is 39.0 Å². The summed E-state index contributed by atoms with van der Waals surface area (Å²) in [4.78, 5) is 12.3. The quantitative estimate of drug-likeness (QED) is 0.809. The molecule has 0 fully saturated rings. The number of H-pyrrole nitrogens is 1. The highest BCUT2D eigenvalue weighted by molar-refractivity contribution is 9.10. The smallest absolute Gasteiger partial charge is 0.333 e. The van der Waals surface area contributed by atoms with Gasteiger partial charge >= 0.3 is 5.97 Å². The molecule has 6 heteroatoms. The van der Waals surface area contributed by atoms with E-state index in [9.17, 15) is 4.79 Å². The van der Waals surface area contributed by atoms with E-state index in [1.165, 1.54) is 0 Å². The minimum absolute atomic E-state index is 0.315. The second-order valence-electron chi connectivity index (χ2n) is 4.69. The third-order valence-electron chi connectivity index (χ3n) is 3.13. The molecule has 1 aromatic carbocycles. The van der Waals surface area contributed by atoms with Crippen LogP contribution in [-0.2, 0) is 9.53 Å². The molecule has 0 saturated carbocycles. The van der Waals surface area contributed by atoms with Crippen molar-refractivity contribution in [3.05, 3.63) is 45.7 Å². The van der Waals surface area contributed by atoms with Crippen molar-refractivity contribution in [3.8, 4) is 0 Å². The van der Waals surface area contributed by atoms with Gasteiger partial charge in [0.1, 0.15) is 0 Å². The minimum atomic E-state index is -0.585. The van der Waals surface area contributed by atoms with Gasteiger partial charge in [0.25, 0.3) is 0 Å². The lowest BCUT2D eigenvalue weighted by atomic mass is 10.0. The molecular weight excluding hydrogens is 334 g/mol. The Kier molecular flexibility index (Phi) is 5.01. The number of nitrogens with one attached hydrogen (secondary N) is 2. The highest BCUT2D eigenvalue weighted by atomic mass is 79.9. The Morgan fingerprint density at radius 3 is 2.81 bits per heavy atom. The molecule has 2 rings (SSSR count). The SMILES string of the molecule is CCOC(=O)C(Nc1cccc(Br)c1)c1c(C)n[nH]c1C. The Morgan fingerprint density at radius 2 is 2.24 bits per heavy atom. The van der Waals surface area contributed by atoms with Crippen molar-refractivity contribution < 1.29 is 9.53 Å². The van der Waals surface area contributed by atoms with Gasteiger partial charge in [-0.1, -0.05) is 22.0 Å². The fourth-order valence-electron chi connectivity index (χ4n) is 2.20. The number of aromatic amines is 1. The summed E-state index contributed by atoms with van der Waals surface area (Å²) in [5, 5.41) is 10.3. The fourth-order valence-corrected chi connectivity index (χ4v) is 2.60. The molecule has 1 aromatic heterocycles. The number of rotatable bonds is 5. The van der Waals surface area contributed by atoms with E-state index in [2.05, 4.69) is 31.4 Å². The van der Waals surface area contributed by atoms with E-state index in [0.29, 0.717) is 6.61 Å². The van der Waals surface area contributed by atoms with E-state index in [4.69, 9.17) is 4.74 Å². The average molecular weight is 352 g/mol. The number of carbonyl (C=O) groups is 1. The molecule has 1 unspecified atom stereocenters. The van der Waals surface area contributed by atoms with Crippen LogP contribution in [0.25, 0.3) is 0 Å². The van der Waals surface area contributed by atoms with Crippen LogP contribution in [0.1, 0.15) is 29.9 Å². The lowest BCUT2D eigenvalue weighted by Gasteiger charge is -2.19. The molecule has 0 saturated heterocycles. The maximum Gasteiger partial charge on any atom is 0.333 e. The highest BCUT2D eigenvalue weighted by Gasteiger charge is 2.27. The molecule has 1 atom stereocenters. The van der Waals surface area contributed by atoms with E-state index in [1.807, 2.05) is 38.1 Å². The maximum absolute atomic E-state index is 12.3. The van der Waals surface area contributed by atoms with E-state index in [0.717, 1.165) is 27.1 Å². The number of nitrogens with zero attached hydrogens (tertiary/aromatic N) is 1. The molecule has 2 aromatic rings. The van der Waals surface area contributed by atoms with Crippen molar-refractivity contribution >= 4 is 27.6 Å². The van der Waals surface area contributed by atoms with Crippen molar-refractivity contribution in [1.29, 1.82) is 0 Å². The van der Waals surface area contributed by atoms with Gasteiger partial charge in [0.15, 0.2) is 6.04 Å². The second kappa shape index (κ2) is 6.76. The summed E-state index contributed by atoms with van der Waals surface area (Å²) in [6.07, 6.45) is 0. The number of benzene rings is 1. The summed E-state index contributed by atoms with van der Waals surface area (Å²) in [5.41, 5.74) is 3.30. The summed E-state index contributed by atoms with van der Waals surface area (Å²) in [5.74, 6) is -0.315. The molecular formula is C15H18BrN3O2. The van der Waals surface area contributed by atoms with E-state index >= 15 is 0 Å². The Labute approximate surface area is 132 Å². The van der Waals surface area contributed by atoms with Crippen LogP contribution >= 0.6 is 15.9 Å². The van der Waals surface area contributed by atoms with Crippen molar-refractivity contribution in [2.75, 3.05) is 11.9 Å². The number of aryl methyl sites for hydroxylation is 2. The molecule has 0 radical (unpaired) electrons. The molecule has 0 bridgehead atoms. The first-order chi connectivity index (χ1) is 10.0. The van der Waals surface area contributed by atoms with Gasteiger partial charge in [-0.3, -0.25) is 5.10 Å². The first-order valence-electron chi connectivity index (χ1n) is 6.73. The molecule has 0 amide bonds. The molecule has 112 valence electrons. The first kappa shape index (κ1) is 15.6. The van der Waals surface area contributed by atoms with Crippen LogP contribution < -0.4 is 5.32 Å². The second-order valence-corrected chi connectivity index (χ2v) is 5.60. The number of esters is 1.